The van der Waals surface area contributed by atoms with Crippen molar-refractivity contribution in [3.8, 4) is 5.75 Å². The smallest absolute Gasteiger partial charge is 0.191 e. The summed E-state index contributed by atoms with van der Waals surface area (Å²) in [7, 11) is 1.71. The van der Waals surface area contributed by atoms with Gasteiger partial charge in [0.2, 0.25) is 0 Å². The van der Waals surface area contributed by atoms with Gasteiger partial charge in [0.05, 0.1) is 25.9 Å². The number of hydrogen-bond donors (Lipinski definition) is 2. The largest absolute Gasteiger partial charge is 0.496 e. The number of guanidine groups is 1. The Morgan fingerprint density at radius 1 is 1.16 bits per heavy atom. The van der Waals surface area contributed by atoms with Gasteiger partial charge in [0.25, 0.3) is 0 Å². The Kier molecular flexibility index (Phi) is 8.73. The second kappa shape index (κ2) is 11.7. The van der Waals surface area contributed by atoms with Crippen LogP contribution in [0.25, 0.3) is 0 Å². The van der Waals surface area contributed by atoms with E-state index in [-0.39, 0.29) is 12.2 Å². The standard InChI is InChI=1S/C25H37N5O2/c1-6-26-25(27-12-11-21-8-7-18(2)23(13-21)31-5)29-15-22-9-10-24(28-14-22)30-16-19(3)32-20(4)17-30/h7-10,13-14,19-20H,6,11-12,15-17H2,1-5H3,(H2,26,27,29). The number of aliphatic imine (C=N–C) groups is 1. The Morgan fingerprint density at radius 3 is 2.56 bits per heavy atom. The zero-order valence-electron chi connectivity index (χ0n) is 20.0. The molecule has 0 spiro atoms. The molecule has 1 aliphatic rings. The third kappa shape index (κ3) is 6.85. The maximum atomic E-state index is 5.82. The number of aromatic nitrogens is 1. The Labute approximate surface area is 192 Å². The summed E-state index contributed by atoms with van der Waals surface area (Å²) in [6.45, 7) is 12.3. The van der Waals surface area contributed by atoms with E-state index in [0.29, 0.717) is 6.54 Å². The van der Waals surface area contributed by atoms with Crippen molar-refractivity contribution in [3.05, 3.63) is 53.2 Å². The number of nitrogens with one attached hydrogen (secondary N) is 2. The van der Waals surface area contributed by atoms with Gasteiger partial charge in [0.15, 0.2) is 5.96 Å². The zero-order valence-corrected chi connectivity index (χ0v) is 20.0. The number of ether oxygens (including phenoxy) is 2. The molecule has 3 rings (SSSR count). The predicted octanol–water partition coefficient (Wildman–Crippen LogP) is 3.31. The molecule has 7 heteroatoms. The molecule has 0 radical (unpaired) electrons. The zero-order chi connectivity index (χ0) is 22.9. The number of rotatable bonds is 8. The fourth-order valence-corrected chi connectivity index (χ4v) is 3.92. The van der Waals surface area contributed by atoms with Gasteiger partial charge in [-0.2, -0.15) is 0 Å². The van der Waals surface area contributed by atoms with Crippen LogP contribution in [-0.4, -0.2) is 56.4 Å². The molecule has 1 aliphatic heterocycles. The summed E-state index contributed by atoms with van der Waals surface area (Å²) in [4.78, 5) is 11.7. The molecule has 32 heavy (non-hydrogen) atoms. The number of anilines is 1. The van der Waals surface area contributed by atoms with Crippen LogP contribution < -0.4 is 20.3 Å². The van der Waals surface area contributed by atoms with Gasteiger partial charge in [-0.1, -0.05) is 18.2 Å². The van der Waals surface area contributed by atoms with Crippen molar-refractivity contribution in [2.75, 3.05) is 38.2 Å². The second-order valence-corrected chi connectivity index (χ2v) is 8.36. The third-order valence-corrected chi connectivity index (χ3v) is 5.50. The summed E-state index contributed by atoms with van der Waals surface area (Å²) >= 11 is 0. The average molecular weight is 440 g/mol. The molecular weight excluding hydrogens is 402 g/mol. The van der Waals surface area contributed by atoms with Crippen molar-refractivity contribution < 1.29 is 9.47 Å². The summed E-state index contributed by atoms with van der Waals surface area (Å²) in [5, 5.41) is 6.74. The first-order chi connectivity index (χ1) is 15.5. The van der Waals surface area contributed by atoms with Crippen LogP contribution in [0.3, 0.4) is 0 Å². The first-order valence-electron chi connectivity index (χ1n) is 11.5. The molecule has 0 saturated carbocycles. The lowest BCUT2D eigenvalue weighted by atomic mass is 10.1. The highest BCUT2D eigenvalue weighted by molar-refractivity contribution is 5.79. The Bertz CT molecular complexity index is 874. The molecule has 0 amide bonds. The average Bonchev–Trinajstić information content (AvgIpc) is 2.78. The molecular formula is C25H37N5O2. The molecule has 1 fully saturated rings. The van der Waals surface area contributed by atoms with E-state index in [0.717, 1.165) is 61.3 Å². The molecule has 2 unspecified atom stereocenters. The van der Waals surface area contributed by atoms with Crippen LogP contribution in [0.4, 0.5) is 5.82 Å². The molecule has 1 aromatic heterocycles. The van der Waals surface area contributed by atoms with Gasteiger partial charge in [-0.25, -0.2) is 9.98 Å². The molecule has 174 valence electrons. The van der Waals surface area contributed by atoms with Gasteiger partial charge in [-0.05, 0) is 62.9 Å². The molecule has 2 N–H and O–H groups in total. The van der Waals surface area contributed by atoms with Crippen molar-refractivity contribution in [3.63, 3.8) is 0 Å². The van der Waals surface area contributed by atoms with E-state index in [1.54, 1.807) is 7.11 Å². The molecule has 2 aromatic rings. The molecule has 7 nitrogen and oxygen atoms in total. The van der Waals surface area contributed by atoms with E-state index < -0.39 is 0 Å². The number of aryl methyl sites for hydroxylation is 1. The second-order valence-electron chi connectivity index (χ2n) is 8.36. The molecule has 0 bridgehead atoms. The summed E-state index contributed by atoms with van der Waals surface area (Å²) in [6, 6.07) is 10.5. The first kappa shape index (κ1) is 23.9. The molecule has 1 saturated heterocycles. The van der Waals surface area contributed by atoms with Crippen molar-refractivity contribution in [2.45, 2.75) is 52.9 Å². The highest BCUT2D eigenvalue weighted by atomic mass is 16.5. The monoisotopic (exact) mass is 439 g/mol. The number of benzene rings is 1. The van der Waals surface area contributed by atoms with Crippen LogP contribution in [0.2, 0.25) is 0 Å². The molecule has 0 aliphatic carbocycles. The predicted molar refractivity (Wildman–Crippen MR) is 131 cm³/mol. The van der Waals surface area contributed by atoms with Gasteiger partial charge in [0.1, 0.15) is 11.6 Å². The number of morpholine rings is 1. The van der Waals surface area contributed by atoms with Crippen LogP contribution in [0.15, 0.2) is 41.5 Å². The SMILES string of the molecule is CCNC(=NCc1ccc(N2CC(C)OC(C)C2)nc1)NCCc1ccc(C)c(OC)c1. The van der Waals surface area contributed by atoms with Gasteiger partial charge < -0.3 is 25.0 Å². The van der Waals surface area contributed by atoms with E-state index in [4.69, 9.17) is 14.5 Å². The minimum atomic E-state index is 0.222. The lowest BCUT2D eigenvalue weighted by molar-refractivity contribution is -0.00545. The van der Waals surface area contributed by atoms with Crippen molar-refractivity contribution >= 4 is 11.8 Å². The van der Waals surface area contributed by atoms with E-state index in [1.165, 1.54) is 5.56 Å². The minimum absolute atomic E-state index is 0.222. The van der Waals surface area contributed by atoms with Crippen LogP contribution in [0.1, 0.15) is 37.5 Å². The van der Waals surface area contributed by atoms with Crippen LogP contribution in [-0.2, 0) is 17.7 Å². The van der Waals surface area contributed by atoms with Crippen molar-refractivity contribution in [1.29, 1.82) is 0 Å². The van der Waals surface area contributed by atoms with E-state index in [1.807, 2.05) is 6.20 Å². The Balaban J connectivity index is 1.54. The Morgan fingerprint density at radius 2 is 1.91 bits per heavy atom. The van der Waals surface area contributed by atoms with Gasteiger partial charge in [-0.15, -0.1) is 0 Å². The first-order valence-corrected chi connectivity index (χ1v) is 11.5. The van der Waals surface area contributed by atoms with E-state index in [9.17, 15) is 0 Å². The number of nitrogens with zero attached hydrogens (tertiary/aromatic N) is 3. The van der Waals surface area contributed by atoms with Gasteiger partial charge in [0, 0.05) is 32.4 Å². The maximum Gasteiger partial charge on any atom is 0.191 e. The lowest BCUT2D eigenvalue weighted by Gasteiger charge is -2.36. The van der Waals surface area contributed by atoms with Crippen LogP contribution in [0.5, 0.6) is 5.75 Å². The van der Waals surface area contributed by atoms with Crippen LogP contribution >= 0.6 is 0 Å². The Hall–Kier alpha value is -2.80. The van der Waals surface area contributed by atoms with Crippen molar-refractivity contribution in [1.82, 2.24) is 15.6 Å². The lowest BCUT2D eigenvalue weighted by Crippen LogP contribution is -2.45. The van der Waals surface area contributed by atoms with E-state index in [2.05, 4.69) is 78.5 Å². The normalized spacial score (nSPS) is 19.0. The molecule has 2 heterocycles. The topological polar surface area (TPSA) is 71.0 Å². The fraction of sp³-hybridized carbons (Fsp3) is 0.520. The molecule has 2 atom stereocenters. The van der Waals surface area contributed by atoms with Crippen molar-refractivity contribution in [2.24, 2.45) is 4.99 Å². The fourth-order valence-electron chi connectivity index (χ4n) is 3.92. The number of methoxy groups -OCH3 is 1. The third-order valence-electron chi connectivity index (χ3n) is 5.50. The van der Waals surface area contributed by atoms with Gasteiger partial charge >= 0.3 is 0 Å². The minimum Gasteiger partial charge on any atom is -0.496 e. The van der Waals surface area contributed by atoms with Gasteiger partial charge in [-0.3, -0.25) is 0 Å². The summed E-state index contributed by atoms with van der Waals surface area (Å²) in [5.41, 5.74) is 3.47. The summed E-state index contributed by atoms with van der Waals surface area (Å²) in [5.74, 6) is 2.74. The van der Waals surface area contributed by atoms with Crippen LogP contribution in [0, 0.1) is 6.92 Å². The summed E-state index contributed by atoms with van der Waals surface area (Å²) < 4.78 is 11.2. The number of hydrogen-bond acceptors (Lipinski definition) is 5. The number of pyridine rings is 1. The quantitative estimate of drug-likeness (QED) is 0.486. The highest BCUT2D eigenvalue weighted by Gasteiger charge is 2.22. The van der Waals surface area contributed by atoms with E-state index >= 15 is 0 Å². The molecule has 1 aromatic carbocycles. The summed E-state index contributed by atoms with van der Waals surface area (Å²) in [6.07, 6.45) is 3.26. The highest BCUT2D eigenvalue weighted by Crippen LogP contribution is 2.20. The maximum absolute atomic E-state index is 5.82.